The van der Waals surface area contributed by atoms with Crippen LogP contribution in [-0.2, 0) is 16.6 Å². The smallest absolute Gasteiger partial charge is 0.244 e. The largest absolute Gasteiger partial charge is 0.363 e. The second kappa shape index (κ2) is 6.50. The summed E-state index contributed by atoms with van der Waals surface area (Å²) in [6.45, 7) is 6.87. The number of sulfonamides is 1. The van der Waals surface area contributed by atoms with E-state index in [0.717, 1.165) is 12.1 Å². The monoisotopic (exact) mass is 313 g/mol. The number of nitrogens with one attached hydrogen (secondary N) is 2. The van der Waals surface area contributed by atoms with Crippen LogP contribution in [0.3, 0.4) is 0 Å². The zero-order valence-electron chi connectivity index (χ0n) is 13.4. The molecule has 1 atom stereocenters. The van der Waals surface area contributed by atoms with Crippen LogP contribution in [0.5, 0.6) is 0 Å². The molecule has 1 aliphatic rings. The molecular weight excluding hydrogens is 286 g/mol. The van der Waals surface area contributed by atoms with Gasteiger partial charge in [0.25, 0.3) is 0 Å². The highest BCUT2D eigenvalue weighted by Crippen LogP contribution is 2.22. The van der Waals surface area contributed by atoms with Crippen molar-refractivity contribution in [3.05, 3.63) is 18.0 Å². The van der Waals surface area contributed by atoms with Crippen molar-refractivity contribution in [1.29, 1.82) is 0 Å². The minimum absolute atomic E-state index is 0.00191. The molecule has 0 aliphatic heterocycles. The van der Waals surface area contributed by atoms with Crippen LogP contribution in [-0.4, -0.2) is 36.8 Å². The van der Waals surface area contributed by atoms with Gasteiger partial charge in [0.2, 0.25) is 10.0 Å². The first-order valence-electron chi connectivity index (χ1n) is 7.69. The highest BCUT2D eigenvalue weighted by Gasteiger charge is 2.27. The van der Waals surface area contributed by atoms with Crippen LogP contribution in [0.2, 0.25) is 0 Å². The Bertz CT molecular complexity index is 561. The van der Waals surface area contributed by atoms with Gasteiger partial charge in [-0.2, -0.15) is 4.31 Å². The molecule has 1 heterocycles. The van der Waals surface area contributed by atoms with Crippen molar-refractivity contribution in [2.45, 2.75) is 63.6 Å². The maximum absolute atomic E-state index is 12.6. The minimum atomic E-state index is -3.41. The molecule has 0 amide bonds. The van der Waals surface area contributed by atoms with Crippen molar-refractivity contribution in [3.63, 3.8) is 0 Å². The Morgan fingerprint density at radius 2 is 2.05 bits per heavy atom. The molecule has 1 aliphatic carbocycles. The summed E-state index contributed by atoms with van der Waals surface area (Å²) in [5, 5.41) is 3.38. The fourth-order valence-corrected chi connectivity index (χ4v) is 3.84. The molecule has 1 unspecified atom stereocenters. The summed E-state index contributed by atoms with van der Waals surface area (Å²) in [5.74, 6) is 0.474. The Morgan fingerprint density at radius 3 is 2.62 bits per heavy atom. The van der Waals surface area contributed by atoms with E-state index in [9.17, 15) is 8.42 Å². The number of hydrogen-bond donors (Lipinski definition) is 2. The predicted molar refractivity (Wildman–Crippen MR) is 84.5 cm³/mol. The van der Waals surface area contributed by atoms with Crippen molar-refractivity contribution in [1.82, 2.24) is 14.6 Å². The Hall–Kier alpha value is -0.850. The molecule has 1 aromatic heterocycles. The summed E-state index contributed by atoms with van der Waals surface area (Å²) in [7, 11) is -1.75. The van der Waals surface area contributed by atoms with Gasteiger partial charge in [0.05, 0.1) is 4.90 Å². The van der Waals surface area contributed by atoms with Gasteiger partial charge in [-0.25, -0.2) is 8.42 Å². The lowest BCUT2D eigenvalue weighted by Gasteiger charge is -2.25. The quantitative estimate of drug-likeness (QED) is 0.774. The van der Waals surface area contributed by atoms with Gasteiger partial charge in [-0.1, -0.05) is 13.8 Å². The third-order valence-electron chi connectivity index (χ3n) is 3.99. The lowest BCUT2D eigenvalue weighted by Crippen LogP contribution is -2.35. The highest BCUT2D eigenvalue weighted by atomic mass is 32.2. The maximum Gasteiger partial charge on any atom is 0.244 e. The summed E-state index contributed by atoms with van der Waals surface area (Å²) >= 11 is 0. The molecular formula is C15H27N3O2S. The zero-order chi connectivity index (χ0) is 15.6. The summed E-state index contributed by atoms with van der Waals surface area (Å²) in [6.07, 6.45) is 4.90. The molecule has 0 radical (unpaired) electrons. The number of aromatic nitrogens is 1. The van der Waals surface area contributed by atoms with Gasteiger partial charge in [0, 0.05) is 37.6 Å². The first kappa shape index (κ1) is 16.5. The number of hydrogen-bond acceptors (Lipinski definition) is 3. The molecule has 0 bridgehead atoms. The van der Waals surface area contributed by atoms with Crippen molar-refractivity contribution < 1.29 is 8.42 Å². The number of H-pyrrole nitrogens is 1. The minimum Gasteiger partial charge on any atom is -0.363 e. The van der Waals surface area contributed by atoms with E-state index in [1.165, 1.54) is 17.1 Å². The molecule has 5 nitrogen and oxygen atoms in total. The molecule has 1 saturated carbocycles. The maximum atomic E-state index is 12.6. The SMILES string of the molecule is CC(C)CC(C)N(C)S(=O)(=O)c1c[nH]c(CNC2CC2)c1. The first-order chi connectivity index (χ1) is 9.80. The fraction of sp³-hybridized carbons (Fsp3) is 0.733. The van der Waals surface area contributed by atoms with E-state index in [2.05, 4.69) is 24.1 Å². The standard InChI is InChI=1S/C15H27N3O2S/c1-11(2)7-12(3)18(4)21(19,20)15-8-14(17-10-15)9-16-13-5-6-13/h8,10-13,16-17H,5-7,9H2,1-4H3. The summed E-state index contributed by atoms with van der Waals surface area (Å²) < 4.78 is 26.7. The molecule has 120 valence electrons. The van der Waals surface area contributed by atoms with Crippen LogP contribution < -0.4 is 5.32 Å². The average molecular weight is 313 g/mol. The Morgan fingerprint density at radius 1 is 1.38 bits per heavy atom. The van der Waals surface area contributed by atoms with Gasteiger partial charge in [-0.05, 0) is 38.2 Å². The van der Waals surface area contributed by atoms with Gasteiger partial charge in [-0.15, -0.1) is 0 Å². The average Bonchev–Trinajstić information content (AvgIpc) is 3.10. The van der Waals surface area contributed by atoms with Crippen molar-refractivity contribution >= 4 is 10.0 Å². The topological polar surface area (TPSA) is 65.2 Å². The number of nitrogens with zero attached hydrogens (tertiary/aromatic N) is 1. The normalized spacial score (nSPS) is 17.6. The van der Waals surface area contributed by atoms with E-state index < -0.39 is 10.0 Å². The van der Waals surface area contributed by atoms with Crippen LogP contribution >= 0.6 is 0 Å². The molecule has 1 aromatic rings. The Kier molecular flexibility index (Phi) is 5.11. The van der Waals surface area contributed by atoms with E-state index >= 15 is 0 Å². The van der Waals surface area contributed by atoms with Gasteiger partial charge < -0.3 is 10.3 Å². The summed E-state index contributed by atoms with van der Waals surface area (Å²) in [4.78, 5) is 3.42. The molecule has 2 rings (SSSR count). The van der Waals surface area contributed by atoms with Crippen molar-refractivity contribution in [2.75, 3.05) is 7.05 Å². The first-order valence-corrected chi connectivity index (χ1v) is 9.13. The highest BCUT2D eigenvalue weighted by molar-refractivity contribution is 7.89. The van der Waals surface area contributed by atoms with Crippen molar-refractivity contribution in [3.8, 4) is 0 Å². The van der Waals surface area contributed by atoms with E-state index in [4.69, 9.17) is 0 Å². The Labute approximate surface area is 128 Å². The van der Waals surface area contributed by atoms with Crippen LogP contribution in [0.4, 0.5) is 0 Å². The van der Waals surface area contributed by atoms with Crippen LogP contribution in [0.15, 0.2) is 17.2 Å². The molecule has 2 N–H and O–H groups in total. The lowest BCUT2D eigenvalue weighted by atomic mass is 10.1. The second-order valence-corrected chi connectivity index (χ2v) is 8.51. The van der Waals surface area contributed by atoms with Crippen LogP contribution in [0.1, 0.15) is 45.7 Å². The zero-order valence-corrected chi connectivity index (χ0v) is 14.2. The number of rotatable bonds is 8. The molecule has 21 heavy (non-hydrogen) atoms. The number of aromatic amines is 1. The van der Waals surface area contributed by atoms with Gasteiger partial charge >= 0.3 is 0 Å². The van der Waals surface area contributed by atoms with Crippen LogP contribution in [0.25, 0.3) is 0 Å². The third kappa shape index (κ3) is 4.31. The van der Waals surface area contributed by atoms with Gasteiger partial charge in [0.15, 0.2) is 0 Å². The van der Waals surface area contributed by atoms with E-state index in [1.54, 1.807) is 19.3 Å². The van der Waals surface area contributed by atoms with E-state index in [-0.39, 0.29) is 6.04 Å². The fourth-order valence-electron chi connectivity index (χ4n) is 2.45. The molecule has 1 fully saturated rings. The summed E-state index contributed by atoms with van der Waals surface area (Å²) in [6, 6.07) is 2.35. The Balaban J connectivity index is 2.03. The molecule has 0 saturated heterocycles. The third-order valence-corrected chi connectivity index (χ3v) is 5.93. The van der Waals surface area contributed by atoms with E-state index in [0.29, 0.717) is 23.4 Å². The summed E-state index contributed by atoms with van der Waals surface area (Å²) in [5.41, 5.74) is 0.922. The van der Waals surface area contributed by atoms with Gasteiger partial charge in [0.1, 0.15) is 0 Å². The molecule has 0 aromatic carbocycles. The molecule has 6 heteroatoms. The van der Waals surface area contributed by atoms with Gasteiger partial charge in [-0.3, -0.25) is 0 Å². The molecule has 0 spiro atoms. The second-order valence-electron chi connectivity index (χ2n) is 6.52. The predicted octanol–water partition coefficient (Wildman–Crippen LogP) is 2.32. The van der Waals surface area contributed by atoms with Crippen molar-refractivity contribution in [2.24, 2.45) is 5.92 Å². The lowest BCUT2D eigenvalue weighted by molar-refractivity contribution is 0.338. The van der Waals surface area contributed by atoms with E-state index in [1.807, 2.05) is 6.92 Å². The van der Waals surface area contributed by atoms with Crippen LogP contribution in [0, 0.1) is 5.92 Å².